The van der Waals surface area contributed by atoms with Gasteiger partial charge in [0.15, 0.2) is 5.75 Å². The predicted octanol–water partition coefficient (Wildman–Crippen LogP) is 8.58. The van der Waals surface area contributed by atoms with Gasteiger partial charge in [-0.1, -0.05) is 60.7 Å². The molecular weight excluding hydrogens is 539 g/mol. The molecule has 0 saturated carbocycles. The second-order valence-electron chi connectivity index (χ2n) is 9.32. The van der Waals surface area contributed by atoms with Gasteiger partial charge in [-0.2, -0.15) is 21.6 Å². The van der Waals surface area contributed by atoms with Gasteiger partial charge in [0.1, 0.15) is 11.2 Å². The van der Waals surface area contributed by atoms with Gasteiger partial charge in [-0.25, -0.2) is 0 Å². The molecule has 0 N–H and O–H groups in total. The van der Waals surface area contributed by atoms with E-state index in [2.05, 4.69) is 8.75 Å². The van der Waals surface area contributed by atoms with E-state index in [1.807, 2.05) is 72.8 Å². The van der Waals surface area contributed by atoms with Crippen LogP contribution in [0.2, 0.25) is 0 Å². The highest BCUT2D eigenvalue weighted by Crippen LogP contribution is 2.44. The number of halogens is 3. The number of furan rings is 1. The van der Waals surface area contributed by atoms with Crippen LogP contribution in [0.15, 0.2) is 114 Å². The standard InChI is InChI=1S/C31H18F3NO4S/c32-31(33,34)40(36,37)39-28-17-15-21(30-29(28)23-11-5-7-13-27(23)38-30)19-14-16-26-24(18-19)22-10-4-6-12-25(22)35(26)20-8-2-1-3-9-20/h1-18H. The molecule has 0 unspecified atom stereocenters. The van der Waals surface area contributed by atoms with Gasteiger partial charge in [-0.05, 0) is 54.1 Å². The van der Waals surface area contributed by atoms with Crippen LogP contribution >= 0.6 is 0 Å². The van der Waals surface area contributed by atoms with E-state index in [0.717, 1.165) is 33.1 Å². The first-order valence-corrected chi connectivity index (χ1v) is 13.7. The van der Waals surface area contributed by atoms with Gasteiger partial charge in [0.25, 0.3) is 0 Å². The number of nitrogens with zero attached hydrogens (tertiary/aromatic N) is 1. The van der Waals surface area contributed by atoms with Crippen molar-refractivity contribution in [2.45, 2.75) is 5.51 Å². The number of aromatic nitrogens is 1. The van der Waals surface area contributed by atoms with Crippen molar-refractivity contribution in [2.24, 2.45) is 0 Å². The number of benzene rings is 5. The lowest BCUT2D eigenvalue weighted by molar-refractivity contribution is -0.0499. The van der Waals surface area contributed by atoms with E-state index >= 15 is 0 Å². The Balaban J connectivity index is 1.48. The molecule has 0 atom stereocenters. The minimum atomic E-state index is -5.89. The van der Waals surface area contributed by atoms with Gasteiger partial charge in [0.2, 0.25) is 0 Å². The molecule has 0 aliphatic heterocycles. The highest BCUT2D eigenvalue weighted by atomic mass is 32.2. The lowest BCUT2D eigenvalue weighted by Crippen LogP contribution is -2.28. The van der Waals surface area contributed by atoms with Crippen LogP contribution in [0.5, 0.6) is 5.75 Å². The summed E-state index contributed by atoms with van der Waals surface area (Å²) in [7, 11) is -5.89. The first-order chi connectivity index (χ1) is 19.2. The number of rotatable bonds is 4. The fraction of sp³-hybridized carbons (Fsp3) is 0.0323. The molecule has 2 aromatic heterocycles. The maximum atomic E-state index is 13.2. The van der Waals surface area contributed by atoms with Crippen molar-refractivity contribution >= 4 is 53.9 Å². The lowest BCUT2D eigenvalue weighted by atomic mass is 10.00. The molecule has 0 aliphatic rings. The summed E-state index contributed by atoms with van der Waals surface area (Å²) in [4.78, 5) is 0. The van der Waals surface area contributed by atoms with Crippen molar-refractivity contribution in [1.82, 2.24) is 4.57 Å². The second-order valence-corrected chi connectivity index (χ2v) is 10.9. The molecule has 2 heterocycles. The van der Waals surface area contributed by atoms with E-state index in [-0.39, 0.29) is 11.0 Å². The third-order valence-corrected chi connectivity index (χ3v) is 7.93. The van der Waals surface area contributed by atoms with Crippen molar-refractivity contribution in [3.63, 3.8) is 0 Å². The average molecular weight is 558 g/mol. The zero-order chi connectivity index (χ0) is 27.6. The minimum absolute atomic E-state index is 0.146. The number of hydrogen-bond acceptors (Lipinski definition) is 4. The number of alkyl halides is 3. The number of hydrogen-bond donors (Lipinski definition) is 0. The van der Waals surface area contributed by atoms with Gasteiger partial charge in [-0.3, -0.25) is 0 Å². The zero-order valence-electron chi connectivity index (χ0n) is 20.5. The Morgan fingerprint density at radius 1 is 0.700 bits per heavy atom. The third kappa shape index (κ3) is 3.65. The van der Waals surface area contributed by atoms with Crippen LogP contribution in [0, 0.1) is 0 Å². The zero-order valence-corrected chi connectivity index (χ0v) is 21.3. The maximum absolute atomic E-state index is 13.2. The summed E-state index contributed by atoms with van der Waals surface area (Å²) in [6.45, 7) is 0. The van der Waals surface area contributed by atoms with Crippen molar-refractivity contribution < 1.29 is 30.2 Å². The topological polar surface area (TPSA) is 61.4 Å². The molecule has 0 radical (unpaired) electrons. The largest absolute Gasteiger partial charge is 0.534 e. The Bertz CT molecular complexity index is 2200. The van der Waals surface area contributed by atoms with Crippen LogP contribution in [0.4, 0.5) is 13.2 Å². The molecule has 198 valence electrons. The fourth-order valence-corrected chi connectivity index (χ4v) is 5.73. The SMILES string of the molecule is O=S(=O)(Oc1ccc(-c2ccc3c(c2)c2ccccc2n3-c2ccccc2)c2oc3ccccc3c12)C(F)(F)F. The normalized spacial score (nSPS) is 12.6. The van der Waals surface area contributed by atoms with Crippen LogP contribution in [-0.4, -0.2) is 18.5 Å². The number of fused-ring (bicyclic) bond motifs is 6. The van der Waals surface area contributed by atoms with Gasteiger partial charge in [-0.15, -0.1) is 0 Å². The number of para-hydroxylation sites is 3. The van der Waals surface area contributed by atoms with Crippen LogP contribution in [0.25, 0.3) is 60.6 Å². The van der Waals surface area contributed by atoms with E-state index in [1.165, 1.54) is 12.1 Å². The maximum Gasteiger partial charge on any atom is 0.534 e. The smallest absolute Gasteiger partial charge is 0.455 e. The molecule has 7 aromatic rings. The summed E-state index contributed by atoms with van der Waals surface area (Å²) in [5.74, 6) is -0.456. The molecule has 5 nitrogen and oxygen atoms in total. The molecule has 0 fully saturated rings. The monoisotopic (exact) mass is 557 g/mol. The van der Waals surface area contributed by atoms with Crippen molar-refractivity contribution in [2.75, 3.05) is 0 Å². The average Bonchev–Trinajstić information content (AvgIpc) is 3.49. The van der Waals surface area contributed by atoms with E-state index < -0.39 is 21.4 Å². The Kier molecular flexibility index (Phi) is 5.24. The fourth-order valence-electron chi connectivity index (χ4n) is 5.26. The first kappa shape index (κ1) is 24.3. The molecule has 0 aliphatic carbocycles. The van der Waals surface area contributed by atoms with Crippen molar-refractivity contribution in [1.29, 1.82) is 0 Å². The Hall–Kier alpha value is -4.76. The molecule has 0 saturated heterocycles. The summed E-state index contributed by atoms with van der Waals surface area (Å²) in [6, 6.07) is 33.4. The van der Waals surface area contributed by atoms with E-state index in [9.17, 15) is 21.6 Å². The highest BCUT2D eigenvalue weighted by molar-refractivity contribution is 7.88. The molecule has 0 bridgehead atoms. The molecule has 5 aromatic carbocycles. The third-order valence-electron chi connectivity index (χ3n) is 6.97. The summed E-state index contributed by atoms with van der Waals surface area (Å²) >= 11 is 0. The molecule has 0 spiro atoms. The van der Waals surface area contributed by atoms with E-state index in [4.69, 9.17) is 4.42 Å². The summed E-state index contributed by atoms with van der Waals surface area (Å²) < 4.78 is 76.1. The summed E-state index contributed by atoms with van der Waals surface area (Å²) in [6.07, 6.45) is 0. The van der Waals surface area contributed by atoms with E-state index in [1.54, 1.807) is 24.3 Å². The predicted molar refractivity (Wildman–Crippen MR) is 149 cm³/mol. The summed E-state index contributed by atoms with van der Waals surface area (Å²) in [5, 5.41) is 2.59. The molecule has 9 heteroatoms. The lowest BCUT2D eigenvalue weighted by Gasteiger charge is -2.12. The van der Waals surface area contributed by atoms with Crippen molar-refractivity contribution in [3.8, 4) is 22.6 Å². The van der Waals surface area contributed by atoms with Crippen LogP contribution < -0.4 is 4.18 Å². The van der Waals surface area contributed by atoms with Gasteiger partial charge in [0, 0.05) is 27.4 Å². The van der Waals surface area contributed by atoms with Gasteiger partial charge >= 0.3 is 15.6 Å². The van der Waals surface area contributed by atoms with Gasteiger partial charge < -0.3 is 13.2 Å². The Labute approximate surface area is 225 Å². The van der Waals surface area contributed by atoms with Crippen LogP contribution in [0.3, 0.4) is 0 Å². The van der Waals surface area contributed by atoms with Gasteiger partial charge in [0.05, 0.1) is 16.4 Å². The van der Waals surface area contributed by atoms with Crippen LogP contribution in [-0.2, 0) is 10.1 Å². The van der Waals surface area contributed by atoms with Crippen LogP contribution in [0.1, 0.15) is 0 Å². The Morgan fingerprint density at radius 3 is 2.15 bits per heavy atom. The molecule has 0 amide bonds. The highest BCUT2D eigenvalue weighted by Gasteiger charge is 2.49. The van der Waals surface area contributed by atoms with Crippen molar-refractivity contribution in [3.05, 3.63) is 109 Å². The molecule has 7 rings (SSSR count). The Morgan fingerprint density at radius 2 is 1.38 bits per heavy atom. The summed E-state index contributed by atoms with van der Waals surface area (Å²) in [5.41, 5.74) is -0.616. The molecular formula is C31H18F3NO4S. The molecule has 40 heavy (non-hydrogen) atoms. The minimum Gasteiger partial charge on any atom is -0.455 e. The quantitative estimate of drug-likeness (QED) is 0.161. The van der Waals surface area contributed by atoms with E-state index in [0.29, 0.717) is 16.5 Å². The first-order valence-electron chi connectivity index (χ1n) is 12.3. The second kappa shape index (κ2) is 8.62.